The average molecular weight is 724 g/mol. The molecule has 0 heterocycles. The maximum Gasteiger partial charge on any atom is 0.472 e. The van der Waals surface area contributed by atoms with Crippen LogP contribution in [0.2, 0.25) is 0 Å². The van der Waals surface area contributed by atoms with Gasteiger partial charge in [-0.15, -0.1) is 0 Å². The lowest BCUT2D eigenvalue weighted by Crippen LogP contribution is -2.34. The second-order valence-corrected chi connectivity index (χ2v) is 13.4. The molecule has 0 aliphatic rings. The highest BCUT2D eigenvalue weighted by molar-refractivity contribution is 7.47. The molecule has 0 aromatic rings. The lowest BCUT2D eigenvalue weighted by atomic mass is 10.1. The molecule has 0 spiro atoms. The second-order valence-electron chi connectivity index (χ2n) is 12.0. The van der Waals surface area contributed by atoms with Crippen LogP contribution >= 0.6 is 7.82 Å². The number of hydrogen-bond acceptors (Lipinski definition) is 8. The summed E-state index contributed by atoms with van der Waals surface area (Å²) in [6.07, 6.45) is 41.2. The van der Waals surface area contributed by atoms with E-state index >= 15 is 0 Å². The average Bonchev–Trinajstić information content (AvgIpc) is 3.09. The fraction of sp³-hybridized carbons (Fsp3) is 0.641. The number of phosphoric acid groups is 1. The highest BCUT2D eigenvalue weighted by atomic mass is 31.2. The number of carboxylic acids is 1. The van der Waals surface area contributed by atoms with Crippen LogP contribution in [0.15, 0.2) is 72.9 Å². The Hall–Kier alpha value is -2.59. The standard InChI is InChI=1S/C39H66NO9P/c1-3-5-7-9-11-13-15-17-18-20-22-24-26-28-30-32-46-33-36(34-47-50(44,45)48-35-37(40)39(42)43)49-38(41)31-29-27-25-23-21-19-16-14-12-10-8-6-4-2/h6,8-9,11-12,14-15,17,19,21,25,27,36-37H,3-5,7,10,13,16,18,20,22-24,26,28-35,40H2,1-2H3,(H,42,43)(H,44,45)/b8-6-,11-9-,14-12-,17-15-,21-19-,27-25-. The Morgan fingerprint density at radius 2 is 1.16 bits per heavy atom. The fourth-order valence-corrected chi connectivity index (χ4v) is 5.12. The Labute approximate surface area is 302 Å². The smallest absolute Gasteiger partial charge is 0.472 e. The summed E-state index contributed by atoms with van der Waals surface area (Å²) in [5, 5.41) is 8.86. The molecule has 0 aliphatic heterocycles. The van der Waals surface area contributed by atoms with Crippen molar-refractivity contribution in [1.29, 1.82) is 0 Å². The molecule has 11 heteroatoms. The minimum absolute atomic E-state index is 0.0233. The van der Waals surface area contributed by atoms with Crippen LogP contribution in [0.1, 0.15) is 123 Å². The molecular weight excluding hydrogens is 657 g/mol. The summed E-state index contributed by atoms with van der Waals surface area (Å²) in [5.41, 5.74) is 5.33. The van der Waals surface area contributed by atoms with E-state index < -0.39 is 45.1 Å². The first-order valence-electron chi connectivity index (χ1n) is 18.5. The number of nitrogens with two attached hydrogens (primary N) is 1. The summed E-state index contributed by atoms with van der Waals surface area (Å²) in [6.45, 7) is 3.57. The van der Waals surface area contributed by atoms with E-state index in [1.54, 1.807) is 0 Å². The quantitative estimate of drug-likeness (QED) is 0.0253. The predicted molar refractivity (Wildman–Crippen MR) is 203 cm³/mol. The summed E-state index contributed by atoms with van der Waals surface area (Å²) in [7, 11) is -4.63. The van der Waals surface area contributed by atoms with Gasteiger partial charge in [-0.1, -0.05) is 125 Å². The van der Waals surface area contributed by atoms with Crippen molar-refractivity contribution < 1.29 is 42.7 Å². The number of ether oxygens (including phenoxy) is 2. The summed E-state index contributed by atoms with van der Waals surface area (Å²) < 4.78 is 33.1. The summed E-state index contributed by atoms with van der Waals surface area (Å²) in [5.74, 6) is -1.88. The largest absolute Gasteiger partial charge is 0.480 e. The molecular formula is C39H66NO9P. The Morgan fingerprint density at radius 1 is 0.660 bits per heavy atom. The van der Waals surface area contributed by atoms with Crippen molar-refractivity contribution in [2.45, 2.75) is 135 Å². The van der Waals surface area contributed by atoms with Crippen LogP contribution in [0, 0.1) is 0 Å². The van der Waals surface area contributed by atoms with E-state index in [1.807, 2.05) is 12.2 Å². The molecule has 3 unspecified atom stereocenters. The number of allylic oxidation sites excluding steroid dienone is 12. The van der Waals surface area contributed by atoms with Gasteiger partial charge < -0.3 is 25.2 Å². The highest BCUT2D eigenvalue weighted by Gasteiger charge is 2.27. The molecule has 286 valence electrons. The first kappa shape index (κ1) is 47.4. The number of carbonyl (C=O) groups is 2. The Morgan fingerprint density at radius 3 is 1.74 bits per heavy atom. The molecule has 0 bridgehead atoms. The van der Waals surface area contributed by atoms with Crippen molar-refractivity contribution in [2.75, 3.05) is 26.4 Å². The van der Waals surface area contributed by atoms with E-state index in [0.29, 0.717) is 13.0 Å². The van der Waals surface area contributed by atoms with Crippen molar-refractivity contribution in [3.05, 3.63) is 72.9 Å². The first-order chi connectivity index (χ1) is 24.2. The van der Waals surface area contributed by atoms with E-state index in [4.69, 9.17) is 24.8 Å². The SMILES string of the molecule is CC/C=C\C/C=C\C/C=C\C/C=C\CCC(=O)OC(COCCCCCCCC/C=C\C/C=C\CCCC)COP(=O)(O)OCC(N)C(=O)O. The van der Waals surface area contributed by atoms with E-state index in [0.717, 1.165) is 64.2 Å². The maximum atomic E-state index is 12.5. The van der Waals surface area contributed by atoms with Gasteiger partial charge in [0.2, 0.25) is 0 Å². The zero-order valence-corrected chi connectivity index (χ0v) is 31.6. The lowest BCUT2D eigenvalue weighted by Gasteiger charge is -2.20. The molecule has 3 atom stereocenters. The van der Waals surface area contributed by atoms with Crippen LogP contribution in [0.4, 0.5) is 0 Å². The minimum atomic E-state index is -4.63. The van der Waals surface area contributed by atoms with E-state index in [2.05, 4.69) is 79.1 Å². The van der Waals surface area contributed by atoms with Gasteiger partial charge in [0, 0.05) is 13.0 Å². The van der Waals surface area contributed by atoms with Crippen LogP contribution in [0.3, 0.4) is 0 Å². The third-order valence-electron chi connectivity index (χ3n) is 7.23. The van der Waals surface area contributed by atoms with Gasteiger partial charge in [-0.3, -0.25) is 18.6 Å². The van der Waals surface area contributed by atoms with Gasteiger partial charge in [0.05, 0.1) is 19.8 Å². The number of carboxylic acid groups (broad SMARTS) is 1. The summed E-state index contributed by atoms with van der Waals surface area (Å²) in [4.78, 5) is 33.3. The number of rotatable bonds is 34. The molecule has 0 amide bonds. The first-order valence-corrected chi connectivity index (χ1v) is 20.0. The summed E-state index contributed by atoms with van der Waals surface area (Å²) >= 11 is 0. The fourth-order valence-electron chi connectivity index (χ4n) is 4.34. The van der Waals surface area contributed by atoms with Crippen molar-refractivity contribution in [3.63, 3.8) is 0 Å². The van der Waals surface area contributed by atoms with Crippen LogP contribution in [0.5, 0.6) is 0 Å². The third kappa shape index (κ3) is 33.9. The highest BCUT2D eigenvalue weighted by Crippen LogP contribution is 2.43. The molecule has 0 saturated carbocycles. The van der Waals surface area contributed by atoms with Gasteiger partial charge in [0.25, 0.3) is 0 Å². The number of phosphoric ester groups is 1. The van der Waals surface area contributed by atoms with Gasteiger partial charge in [-0.2, -0.15) is 0 Å². The maximum absolute atomic E-state index is 12.5. The topological polar surface area (TPSA) is 155 Å². The molecule has 0 rings (SSSR count). The van der Waals surface area contributed by atoms with Crippen molar-refractivity contribution in [1.82, 2.24) is 0 Å². The van der Waals surface area contributed by atoms with E-state index in [1.165, 1.54) is 32.1 Å². The van der Waals surface area contributed by atoms with Crippen LogP contribution in [-0.4, -0.2) is 60.5 Å². The number of carbonyl (C=O) groups excluding carboxylic acids is 1. The lowest BCUT2D eigenvalue weighted by molar-refractivity contribution is -0.154. The van der Waals surface area contributed by atoms with Gasteiger partial charge in [0.15, 0.2) is 0 Å². The molecule has 0 aromatic carbocycles. The Kier molecular flexibility index (Phi) is 33.0. The van der Waals surface area contributed by atoms with Crippen LogP contribution < -0.4 is 5.73 Å². The van der Waals surface area contributed by atoms with Crippen LogP contribution in [0.25, 0.3) is 0 Å². The number of aliphatic carboxylic acids is 1. The molecule has 0 aliphatic carbocycles. The number of esters is 1. The zero-order chi connectivity index (χ0) is 37.0. The van der Waals surface area contributed by atoms with Crippen molar-refractivity contribution in [3.8, 4) is 0 Å². The Bertz CT molecular complexity index is 1070. The normalized spacial score (nSPS) is 15.0. The number of unbranched alkanes of at least 4 members (excludes halogenated alkanes) is 8. The van der Waals surface area contributed by atoms with Gasteiger partial charge in [-0.05, 0) is 64.2 Å². The molecule has 0 fully saturated rings. The van der Waals surface area contributed by atoms with Crippen molar-refractivity contribution >= 4 is 19.8 Å². The number of hydrogen-bond donors (Lipinski definition) is 3. The zero-order valence-electron chi connectivity index (χ0n) is 30.7. The van der Waals surface area contributed by atoms with Crippen LogP contribution in [-0.2, 0) is 32.7 Å². The van der Waals surface area contributed by atoms with Crippen molar-refractivity contribution in [2.24, 2.45) is 5.73 Å². The van der Waals surface area contributed by atoms with Gasteiger partial charge in [-0.25, -0.2) is 4.57 Å². The summed E-state index contributed by atoms with van der Waals surface area (Å²) in [6, 6.07) is -1.49. The van der Waals surface area contributed by atoms with Gasteiger partial charge >= 0.3 is 19.8 Å². The monoisotopic (exact) mass is 723 g/mol. The molecule has 0 aromatic heterocycles. The van der Waals surface area contributed by atoms with E-state index in [-0.39, 0.29) is 13.0 Å². The molecule has 50 heavy (non-hydrogen) atoms. The minimum Gasteiger partial charge on any atom is -0.480 e. The molecule has 4 N–H and O–H groups in total. The van der Waals surface area contributed by atoms with Gasteiger partial charge in [0.1, 0.15) is 12.1 Å². The predicted octanol–water partition coefficient (Wildman–Crippen LogP) is 9.47. The second kappa shape index (κ2) is 34.8. The molecule has 0 radical (unpaired) electrons. The van der Waals surface area contributed by atoms with E-state index in [9.17, 15) is 19.0 Å². The molecule has 10 nitrogen and oxygen atoms in total. The Balaban J connectivity index is 4.46. The molecule has 0 saturated heterocycles. The third-order valence-corrected chi connectivity index (χ3v) is 8.18.